The molecule has 0 atom stereocenters. The molecule has 0 spiro atoms. The first kappa shape index (κ1) is 8.45. The van der Waals surface area contributed by atoms with Crippen LogP contribution in [0.4, 0.5) is 0 Å². The van der Waals surface area contributed by atoms with Crippen LogP contribution in [0.25, 0.3) is 16.5 Å². The molecule has 0 unspecified atom stereocenters. The van der Waals surface area contributed by atoms with Gasteiger partial charge in [-0.05, 0) is 18.6 Å². The van der Waals surface area contributed by atoms with Gasteiger partial charge in [0.2, 0.25) is 0 Å². The van der Waals surface area contributed by atoms with Gasteiger partial charge < -0.3 is 4.98 Å². The van der Waals surface area contributed by atoms with E-state index in [0.29, 0.717) is 0 Å². The first-order valence-corrected chi connectivity index (χ1v) is 4.60. The molecule has 0 saturated carbocycles. The van der Waals surface area contributed by atoms with Gasteiger partial charge in [0.05, 0.1) is 0 Å². The third kappa shape index (κ3) is 1.27. The smallest absolute Gasteiger partial charge is 0.0471 e. The molecule has 2 heteroatoms. The van der Waals surface area contributed by atoms with E-state index in [1.807, 2.05) is 25.3 Å². The van der Waals surface area contributed by atoms with E-state index in [4.69, 9.17) is 0 Å². The second-order valence-corrected chi connectivity index (χ2v) is 3.66. The molecule has 0 aliphatic rings. The van der Waals surface area contributed by atoms with E-state index in [-0.39, 0.29) is 0 Å². The molecule has 2 aromatic rings. The molecule has 0 amide bonds. The van der Waals surface area contributed by atoms with Crippen LogP contribution in [-0.2, 0) is 0 Å². The Morgan fingerprint density at radius 2 is 2.23 bits per heavy atom. The second-order valence-electron chi connectivity index (χ2n) is 3.18. The Labute approximate surface area is 82.9 Å². The average Bonchev–Trinajstić information content (AvgIpc) is 2.48. The number of fused-ring (bicyclic) bond motifs is 1. The zero-order valence-corrected chi connectivity index (χ0v) is 8.36. The highest BCUT2D eigenvalue weighted by atomic mass is 32.1. The van der Waals surface area contributed by atoms with Crippen molar-refractivity contribution in [2.75, 3.05) is 0 Å². The van der Waals surface area contributed by atoms with Crippen molar-refractivity contribution in [1.29, 1.82) is 0 Å². The van der Waals surface area contributed by atoms with Crippen molar-refractivity contribution >= 4 is 29.1 Å². The number of rotatable bonds is 1. The Hall–Kier alpha value is -1.15. The molecule has 1 aromatic carbocycles. The molecule has 1 nitrogen and oxygen atoms in total. The van der Waals surface area contributed by atoms with Gasteiger partial charge in [-0.3, -0.25) is 0 Å². The van der Waals surface area contributed by atoms with Crippen LogP contribution in [0.5, 0.6) is 0 Å². The van der Waals surface area contributed by atoms with Crippen molar-refractivity contribution in [3.8, 4) is 0 Å². The van der Waals surface area contributed by atoms with Gasteiger partial charge in [-0.15, -0.1) is 12.6 Å². The summed E-state index contributed by atoms with van der Waals surface area (Å²) >= 11 is 4.39. The van der Waals surface area contributed by atoms with Gasteiger partial charge in [-0.25, -0.2) is 0 Å². The largest absolute Gasteiger partial charge is 0.360 e. The number of hydrogen-bond donors (Lipinski definition) is 2. The predicted molar refractivity (Wildman–Crippen MR) is 60.3 cm³/mol. The third-order valence-electron chi connectivity index (χ3n) is 2.14. The second kappa shape index (κ2) is 2.96. The summed E-state index contributed by atoms with van der Waals surface area (Å²) in [6, 6.07) is 6.13. The van der Waals surface area contributed by atoms with Crippen LogP contribution in [-0.4, -0.2) is 4.98 Å². The summed E-state index contributed by atoms with van der Waals surface area (Å²) in [5, 5.41) is 1.17. The van der Waals surface area contributed by atoms with E-state index in [0.717, 1.165) is 16.0 Å². The molecule has 2 rings (SSSR count). The average molecular weight is 189 g/mol. The van der Waals surface area contributed by atoms with Gasteiger partial charge in [0.25, 0.3) is 0 Å². The highest BCUT2D eigenvalue weighted by molar-refractivity contribution is 7.80. The molecule has 0 radical (unpaired) electrons. The fraction of sp³-hybridized carbons (Fsp3) is 0.0909. The standard InChI is InChI=1S/C11H11NS/c1-7(2)8-4-3-5-9-11(8)10(13)6-12-9/h3-6,12-13H,1H2,2H3. The Kier molecular flexibility index (Phi) is 1.93. The quantitative estimate of drug-likeness (QED) is 0.639. The van der Waals surface area contributed by atoms with Crippen LogP contribution >= 0.6 is 12.6 Å². The fourth-order valence-electron chi connectivity index (χ4n) is 1.52. The summed E-state index contributed by atoms with van der Waals surface area (Å²) in [5.74, 6) is 0. The van der Waals surface area contributed by atoms with Gasteiger partial charge in [0, 0.05) is 22.0 Å². The summed E-state index contributed by atoms with van der Waals surface area (Å²) in [6.07, 6.45) is 1.90. The van der Waals surface area contributed by atoms with Gasteiger partial charge in [-0.1, -0.05) is 24.3 Å². The molecule has 1 aromatic heterocycles. The minimum absolute atomic E-state index is 0.980. The molecule has 13 heavy (non-hydrogen) atoms. The van der Waals surface area contributed by atoms with Gasteiger partial charge in [-0.2, -0.15) is 0 Å². The lowest BCUT2D eigenvalue weighted by atomic mass is 10.0. The maximum atomic E-state index is 4.39. The number of nitrogens with one attached hydrogen (secondary N) is 1. The monoisotopic (exact) mass is 189 g/mol. The Morgan fingerprint density at radius 1 is 1.46 bits per heavy atom. The molecule has 0 fully saturated rings. The van der Waals surface area contributed by atoms with Gasteiger partial charge >= 0.3 is 0 Å². The number of benzene rings is 1. The lowest BCUT2D eigenvalue weighted by molar-refractivity contribution is 1.42. The number of hydrogen-bond acceptors (Lipinski definition) is 1. The highest BCUT2D eigenvalue weighted by Crippen LogP contribution is 2.28. The molecule has 1 heterocycles. The van der Waals surface area contributed by atoms with E-state index in [9.17, 15) is 0 Å². The van der Waals surface area contributed by atoms with Crippen LogP contribution in [0, 0.1) is 0 Å². The Morgan fingerprint density at radius 3 is 2.92 bits per heavy atom. The maximum Gasteiger partial charge on any atom is 0.0471 e. The first-order chi connectivity index (χ1) is 6.20. The zero-order chi connectivity index (χ0) is 9.42. The number of H-pyrrole nitrogens is 1. The van der Waals surface area contributed by atoms with E-state index in [2.05, 4.69) is 30.3 Å². The van der Waals surface area contributed by atoms with Crippen molar-refractivity contribution in [3.05, 3.63) is 36.5 Å². The van der Waals surface area contributed by atoms with Crippen molar-refractivity contribution in [3.63, 3.8) is 0 Å². The summed E-state index contributed by atoms with van der Waals surface area (Å²) in [6.45, 7) is 5.96. The molecular weight excluding hydrogens is 178 g/mol. The summed E-state index contributed by atoms with van der Waals surface area (Å²) < 4.78 is 0. The molecule has 66 valence electrons. The zero-order valence-electron chi connectivity index (χ0n) is 7.46. The van der Waals surface area contributed by atoms with Crippen LogP contribution in [0.15, 0.2) is 35.9 Å². The molecule has 0 saturated heterocycles. The fourth-order valence-corrected chi connectivity index (χ4v) is 1.83. The molecule has 0 aliphatic heterocycles. The van der Waals surface area contributed by atoms with Crippen LogP contribution in [0.3, 0.4) is 0 Å². The number of allylic oxidation sites excluding steroid dienone is 1. The van der Waals surface area contributed by atoms with Crippen LogP contribution in [0.1, 0.15) is 12.5 Å². The van der Waals surface area contributed by atoms with Crippen molar-refractivity contribution in [2.24, 2.45) is 0 Å². The molecule has 0 bridgehead atoms. The normalized spacial score (nSPS) is 10.6. The lowest BCUT2D eigenvalue weighted by Crippen LogP contribution is -1.79. The molecule has 0 aliphatic carbocycles. The minimum Gasteiger partial charge on any atom is -0.360 e. The van der Waals surface area contributed by atoms with Crippen molar-refractivity contribution in [2.45, 2.75) is 11.8 Å². The molecular formula is C11H11NS. The van der Waals surface area contributed by atoms with Crippen LogP contribution in [0.2, 0.25) is 0 Å². The summed E-state index contributed by atoms with van der Waals surface area (Å²) in [5.41, 5.74) is 3.36. The lowest BCUT2D eigenvalue weighted by Gasteiger charge is -2.02. The third-order valence-corrected chi connectivity index (χ3v) is 2.50. The highest BCUT2D eigenvalue weighted by Gasteiger charge is 2.05. The van der Waals surface area contributed by atoms with Crippen molar-refractivity contribution < 1.29 is 0 Å². The SMILES string of the molecule is C=C(C)c1cccc2[nH]cc(S)c12. The van der Waals surface area contributed by atoms with Crippen molar-refractivity contribution in [1.82, 2.24) is 4.98 Å². The summed E-state index contributed by atoms with van der Waals surface area (Å²) in [7, 11) is 0. The number of thiol groups is 1. The van der Waals surface area contributed by atoms with E-state index in [1.165, 1.54) is 10.9 Å². The van der Waals surface area contributed by atoms with Crippen LogP contribution < -0.4 is 0 Å². The Balaban J connectivity index is 2.88. The van der Waals surface area contributed by atoms with E-state index in [1.54, 1.807) is 0 Å². The van der Waals surface area contributed by atoms with Gasteiger partial charge in [0.15, 0.2) is 0 Å². The Bertz CT molecular complexity index is 468. The first-order valence-electron chi connectivity index (χ1n) is 4.15. The topological polar surface area (TPSA) is 15.8 Å². The number of aromatic nitrogens is 1. The number of aromatic amines is 1. The van der Waals surface area contributed by atoms with E-state index < -0.39 is 0 Å². The minimum atomic E-state index is 0.980. The van der Waals surface area contributed by atoms with Gasteiger partial charge in [0.1, 0.15) is 0 Å². The summed E-state index contributed by atoms with van der Waals surface area (Å²) in [4.78, 5) is 4.15. The molecule has 1 N–H and O–H groups in total. The van der Waals surface area contributed by atoms with E-state index >= 15 is 0 Å². The predicted octanol–water partition coefficient (Wildman–Crippen LogP) is 3.49. The maximum absolute atomic E-state index is 4.39.